The average Bonchev–Trinajstić information content (AvgIpc) is 2.90. The number of pyridine rings is 1. The zero-order chi connectivity index (χ0) is 13.0. The fraction of sp³-hybridized carbons (Fsp3) is 0.538. The lowest BCUT2D eigenvalue weighted by molar-refractivity contribution is 0.0840. The molecule has 1 aromatic heterocycles. The van der Waals surface area contributed by atoms with Gasteiger partial charge >= 0.3 is 0 Å². The Morgan fingerprint density at radius 3 is 2.83 bits per heavy atom. The zero-order valence-corrected chi connectivity index (χ0v) is 10.1. The molecule has 1 atom stereocenters. The minimum atomic E-state index is -0.613. The Morgan fingerprint density at radius 2 is 2.22 bits per heavy atom. The Balaban J connectivity index is 1.82. The Hall–Kier alpha value is -1.49. The molecule has 1 aliphatic carbocycles. The number of aliphatic hydroxyl groups is 1. The number of halogens is 1. The summed E-state index contributed by atoms with van der Waals surface area (Å²) in [5, 5.41) is 12.5. The average molecular weight is 252 g/mol. The minimum Gasteiger partial charge on any atom is -0.391 e. The molecule has 0 aliphatic heterocycles. The standard InChI is InChI=1S/C13H17FN2O2/c14-12-6-5-10(7-15-12)13(18)16-8-11(17)9-3-1-2-4-9/h5-7,9,11,17H,1-4,8H2,(H,16,18). The monoisotopic (exact) mass is 252 g/mol. The molecule has 98 valence electrons. The lowest BCUT2D eigenvalue weighted by Gasteiger charge is -2.17. The predicted molar refractivity (Wildman–Crippen MR) is 64.5 cm³/mol. The van der Waals surface area contributed by atoms with Gasteiger partial charge in [0, 0.05) is 12.7 Å². The van der Waals surface area contributed by atoms with Crippen LogP contribution in [0.3, 0.4) is 0 Å². The number of carbonyl (C=O) groups is 1. The van der Waals surface area contributed by atoms with E-state index in [-0.39, 0.29) is 18.4 Å². The van der Waals surface area contributed by atoms with E-state index in [9.17, 15) is 14.3 Å². The van der Waals surface area contributed by atoms with Gasteiger partial charge in [0.1, 0.15) is 0 Å². The van der Waals surface area contributed by atoms with Crippen LogP contribution in [0.15, 0.2) is 18.3 Å². The number of rotatable bonds is 4. The highest BCUT2D eigenvalue weighted by molar-refractivity contribution is 5.93. The first-order valence-corrected chi connectivity index (χ1v) is 6.24. The van der Waals surface area contributed by atoms with Gasteiger partial charge in [-0.3, -0.25) is 4.79 Å². The molecule has 0 bridgehead atoms. The molecule has 1 aromatic rings. The summed E-state index contributed by atoms with van der Waals surface area (Å²) in [6, 6.07) is 2.52. The van der Waals surface area contributed by atoms with E-state index < -0.39 is 12.1 Å². The van der Waals surface area contributed by atoms with E-state index >= 15 is 0 Å². The highest BCUT2D eigenvalue weighted by Crippen LogP contribution is 2.27. The fourth-order valence-electron chi connectivity index (χ4n) is 2.32. The number of amides is 1. The number of nitrogens with zero attached hydrogens (tertiary/aromatic N) is 1. The molecule has 1 saturated carbocycles. The lowest BCUT2D eigenvalue weighted by Crippen LogP contribution is -2.35. The summed E-state index contributed by atoms with van der Waals surface area (Å²) in [4.78, 5) is 15.1. The molecular formula is C13H17FN2O2. The second kappa shape index (κ2) is 5.91. The van der Waals surface area contributed by atoms with Crippen molar-refractivity contribution in [3.8, 4) is 0 Å². The van der Waals surface area contributed by atoms with Crippen molar-refractivity contribution in [3.05, 3.63) is 29.8 Å². The lowest BCUT2D eigenvalue weighted by atomic mass is 10.0. The van der Waals surface area contributed by atoms with Gasteiger partial charge < -0.3 is 10.4 Å². The summed E-state index contributed by atoms with van der Waals surface area (Å²) >= 11 is 0. The Morgan fingerprint density at radius 1 is 1.50 bits per heavy atom. The number of aliphatic hydroxyl groups excluding tert-OH is 1. The van der Waals surface area contributed by atoms with Gasteiger partial charge in [-0.15, -0.1) is 0 Å². The van der Waals surface area contributed by atoms with Crippen molar-refractivity contribution in [1.82, 2.24) is 10.3 Å². The van der Waals surface area contributed by atoms with E-state index in [1.165, 1.54) is 12.3 Å². The topological polar surface area (TPSA) is 62.2 Å². The molecule has 5 heteroatoms. The summed E-state index contributed by atoms with van der Waals surface area (Å²) < 4.78 is 12.6. The number of hydrogen-bond donors (Lipinski definition) is 2. The van der Waals surface area contributed by atoms with Crippen molar-refractivity contribution in [2.24, 2.45) is 5.92 Å². The molecule has 1 aliphatic rings. The van der Waals surface area contributed by atoms with Crippen molar-refractivity contribution in [2.45, 2.75) is 31.8 Å². The first-order valence-electron chi connectivity index (χ1n) is 6.24. The molecule has 18 heavy (non-hydrogen) atoms. The van der Waals surface area contributed by atoms with Gasteiger partial charge in [-0.1, -0.05) is 12.8 Å². The molecule has 1 heterocycles. The van der Waals surface area contributed by atoms with Gasteiger partial charge in [0.2, 0.25) is 5.95 Å². The Kier molecular flexibility index (Phi) is 4.25. The van der Waals surface area contributed by atoms with E-state index in [1.54, 1.807) is 0 Å². The maximum atomic E-state index is 12.6. The summed E-state index contributed by atoms with van der Waals surface area (Å²) in [6.07, 6.45) is 5.04. The number of carbonyl (C=O) groups excluding carboxylic acids is 1. The van der Waals surface area contributed by atoms with E-state index in [1.807, 2.05) is 0 Å². The normalized spacial score (nSPS) is 17.7. The van der Waals surface area contributed by atoms with Crippen molar-refractivity contribution in [1.29, 1.82) is 0 Å². The number of aromatic nitrogens is 1. The highest BCUT2D eigenvalue weighted by atomic mass is 19.1. The smallest absolute Gasteiger partial charge is 0.252 e. The fourth-order valence-corrected chi connectivity index (χ4v) is 2.32. The van der Waals surface area contributed by atoms with Crippen LogP contribution in [0.4, 0.5) is 4.39 Å². The van der Waals surface area contributed by atoms with Gasteiger partial charge in [-0.25, -0.2) is 4.98 Å². The van der Waals surface area contributed by atoms with Gasteiger partial charge in [-0.05, 0) is 30.9 Å². The third kappa shape index (κ3) is 3.26. The Bertz CT molecular complexity index is 402. The quantitative estimate of drug-likeness (QED) is 0.798. The molecular weight excluding hydrogens is 235 g/mol. The molecule has 1 amide bonds. The van der Waals surface area contributed by atoms with Crippen molar-refractivity contribution in [2.75, 3.05) is 6.54 Å². The molecule has 1 unspecified atom stereocenters. The third-order valence-corrected chi connectivity index (χ3v) is 3.41. The maximum Gasteiger partial charge on any atom is 0.252 e. The van der Waals surface area contributed by atoms with Crippen LogP contribution in [0.1, 0.15) is 36.0 Å². The van der Waals surface area contributed by atoms with Crippen LogP contribution in [0.25, 0.3) is 0 Å². The van der Waals surface area contributed by atoms with Gasteiger partial charge in [0.05, 0.1) is 11.7 Å². The molecule has 0 spiro atoms. The zero-order valence-electron chi connectivity index (χ0n) is 10.1. The predicted octanol–water partition coefficient (Wildman–Crippen LogP) is 1.50. The Labute approximate surface area is 105 Å². The van der Waals surface area contributed by atoms with Crippen LogP contribution < -0.4 is 5.32 Å². The van der Waals surface area contributed by atoms with E-state index in [4.69, 9.17) is 0 Å². The first kappa shape index (κ1) is 13.0. The van der Waals surface area contributed by atoms with Crippen molar-refractivity contribution < 1.29 is 14.3 Å². The number of nitrogens with one attached hydrogen (secondary N) is 1. The summed E-state index contributed by atoms with van der Waals surface area (Å²) in [5.41, 5.74) is 0.301. The molecule has 4 nitrogen and oxygen atoms in total. The van der Waals surface area contributed by atoms with Gasteiger partial charge in [-0.2, -0.15) is 4.39 Å². The molecule has 2 N–H and O–H groups in total. The first-order chi connectivity index (χ1) is 8.66. The number of hydrogen-bond acceptors (Lipinski definition) is 3. The highest BCUT2D eigenvalue weighted by Gasteiger charge is 2.23. The van der Waals surface area contributed by atoms with Crippen LogP contribution in [0.2, 0.25) is 0 Å². The van der Waals surface area contributed by atoms with Crippen LogP contribution in [0.5, 0.6) is 0 Å². The van der Waals surface area contributed by atoms with E-state index in [0.717, 1.165) is 31.7 Å². The second-order valence-corrected chi connectivity index (χ2v) is 4.69. The molecule has 1 fully saturated rings. The minimum absolute atomic E-state index is 0.237. The third-order valence-electron chi connectivity index (χ3n) is 3.41. The van der Waals surface area contributed by atoms with E-state index in [0.29, 0.717) is 5.56 Å². The van der Waals surface area contributed by atoms with Crippen LogP contribution >= 0.6 is 0 Å². The summed E-state index contributed by atoms with van der Waals surface area (Å²) in [5.74, 6) is -0.659. The van der Waals surface area contributed by atoms with Crippen molar-refractivity contribution >= 4 is 5.91 Å². The second-order valence-electron chi connectivity index (χ2n) is 4.69. The SMILES string of the molecule is O=C(NCC(O)C1CCCC1)c1ccc(F)nc1. The van der Waals surface area contributed by atoms with E-state index in [2.05, 4.69) is 10.3 Å². The van der Waals surface area contributed by atoms with Gasteiger partial charge in [0.15, 0.2) is 0 Å². The molecule has 2 rings (SSSR count). The molecule has 0 aromatic carbocycles. The van der Waals surface area contributed by atoms with Gasteiger partial charge in [0.25, 0.3) is 5.91 Å². The van der Waals surface area contributed by atoms with Crippen LogP contribution in [-0.4, -0.2) is 28.6 Å². The molecule has 0 saturated heterocycles. The molecule has 0 radical (unpaired) electrons. The van der Waals surface area contributed by atoms with Crippen LogP contribution in [0, 0.1) is 11.9 Å². The largest absolute Gasteiger partial charge is 0.391 e. The van der Waals surface area contributed by atoms with Crippen molar-refractivity contribution in [3.63, 3.8) is 0 Å². The maximum absolute atomic E-state index is 12.6. The summed E-state index contributed by atoms with van der Waals surface area (Å²) in [6.45, 7) is 0.237. The summed E-state index contributed by atoms with van der Waals surface area (Å²) in [7, 11) is 0. The van der Waals surface area contributed by atoms with Crippen LogP contribution in [-0.2, 0) is 0 Å².